The molecule has 0 aliphatic rings. The summed E-state index contributed by atoms with van der Waals surface area (Å²) in [6.07, 6.45) is 1.29. The van der Waals surface area contributed by atoms with Crippen molar-refractivity contribution >= 4 is 17.3 Å². The summed E-state index contributed by atoms with van der Waals surface area (Å²) in [6.45, 7) is 0.351. The fourth-order valence-electron chi connectivity index (χ4n) is 2.35. The van der Waals surface area contributed by atoms with Gasteiger partial charge in [-0.25, -0.2) is 0 Å². The Balaban J connectivity index is 2.10. The molecule has 144 valence electrons. The van der Waals surface area contributed by atoms with Gasteiger partial charge in [-0.2, -0.15) is 5.26 Å². The Bertz CT molecular complexity index is 950. The van der Waals surface area contributed by atoms with Gasteiger partial charge in [0.05, 0.1) is 30.9 Å². The molecule has 2 aromatic carbocycles. The first-order chi connectivity index (χ1) is 13.5. The van der Waals surface area contributed by atoms with Gasteiger partial charge >= 0.3 is 0 Å². The lowest BCUT2D eigenvalue weighted by Gasteiger charge is -2.10. The highest BCUT2D eigenvalue weighted by Crippen LogP contribution is 2.29. The number of nitro groups is 1. The molecule has 9 nitrogen and oxygen atoms in total. The van der Waals surface area contributed by atoms with E-state index in [4.69, 9.17) is 9.47 Å². The molecule has 2 rings (SSSR count). The van der Waals surface area contributed by atoms with Crippen molar-refractivity contribution in [3.63, 3.8) is 0 Å². The lowest BCUT2D eigenvalue weighted by molar-refractivity contribution is -0.384. The van der Waals surface area contributed by atoms with Gasteiger partial charge in [-0.1, -0.05) is 18.2 Å². The van der Waals surface area contributed by atoms with E-state index >= 15 is 0 Å². The summed E-state index contributed by atoms with van der Waals surface area (Å²) < 4.78 is 10.3. The molecule has 0 saturated carbocycles. The molecular weight excluding hydrogens is 364 g/mol. The summed E-state index contributed by atoms with van der Waals surface area (Å²) in [6, 6.07) is 12.9. The number of benzene rings is 2. The van der Waals surface area contributed by atoms with Crippen LogP contribution in [0.3, 0.4) is 0 Å². The van der Waals surface area contributed by atoms with Gasteiger partial charge in [0.15, 0.2) is 0 Å². The maximum Gasteiger partial charge on any atom is 0.273 e. The van der Waals surface area contributed by atoms with E-state index in [1.165, 1.54) is 31.5 Å². The van der Waals surface area contributed by atoms with Crippen LogP contribution in [0.15, 0.2) is 54.2 Å². The predicted octanol–water partition coefficient (Wildman–Crippen LogP) is 2.75. The maximum atomic E-state index is 12.3. The Kier molecular flexibility index (Phi) is 6.93. The Morgan fingerprint density at radius 1 is 1.21 bits per heavy atom. The summed E-state index contributed by atoms with van der Waals surface area (Å²) in [7, 11) is 2.88. The largest absolute Gasteiger partial charge is 0.496 e. The van der Waals surface area contributed by atoms with Crippen LogP contribution >= 0.6 is 0 Å². The van der Waals surface area contributed by atoms with Crippen LogP contribution in [0.2, 0.25) is 0 Å². The van der Waals surface area contributed by atoms with Crippen LogP contribution in [-0.2, 0) is 11.3 Å². The fraction of sp³-hybridized carbons (Fsp3) is 0.158. The minimum absolute atomic E-state index is 0.113. The predicted molar refractivity (Wildman–Crippen MR) is 102 cm³/mol. The molecule has 0 fully saturated rings. The lowest BCUT2D eigenvalue weighted by atomic mass is 10.2. The minimum atomic E-state index is -0.679. The number of ether oxygens (including phenoxy) is 2. The van der Waals surface area contributed by atoms with E-state index in [2.05, 4.69) is 10.6 Å². The lowest BCUT2D eigenvalue weighted by Crippen LogP contribution is -2.17. The van der Waals surface area contributed by atoms with Crippen LogP contribution in [0.1, 0.15) is 5.56 Å². The highest BCUT2D eigenvalue weighted by atomic mass is 16.6. The molecule has 1 amide bonds. The molecule has 0 aromatic heterocycles. The summed E-state index contributed by atoms with van der Waals surface area (Å²) in [4.78, 5) is 22.6. The van der Waals surface area contributed by atoms with Crippen LogP contribution in [-0.4, -0.2) is 25.1 Å². The topological polar surface area (TPSA) is 127 Å². The van der Waals surface area contributed by atoms with Crippen molar-refractivity contribution in [2.24, 2.45) is 0 Å². The number of methoxy groups -OCH3 is 2. The normalized spacial score (nSPS) is 10.5. The number of hydrogen-bond acceptors (Lipinski definition) is 7. The zero-order valence-electron chi connectivity index (χ0n) is 15.3. The van der Waals surface area contributed by atoms with Crippen molar-refractivity contribution in [1.82, 2.24) is 5.32 Å². The number of nitro benzene ring substituents is 1. The van der Waals surface area contributed by atoms with Gasteiger partial charge < -0.3 is 20.1 Å². The number of nitriles is 1. The first-order valence-electron chi connectivity index (χ1n) is 8.09. The number of anilines is 1. The van der Waals surface area contributed by atoms with Gasteiger partial charge in [-0.3, -0.25) is 14.9 Å². The molecule has 2 N–H and O–H groups in total. The van der Waals surface area contributed by atoms with Gasteiger partial charge in [0, 0.05) is 24.4 Å². The summed E-state index contributed by atoms with van der Waals surface area (Å²) in [5, 5.41) is 25.5. The van der Waals surface area contributed by atoms with Crippen LogP contribution in [0.5, 0.6) is 11.5 Å². The average Bonchev–Trinajstić information content (AvgIpc) is 2.71. The molecule has 0 bridgehead atoms. The van der Waals surface area contributed by atoms with E-state index in [0.717, 1.165) is 5.56 Å². The molecule has 0 aliphatic heterocycles. The Morgan fingerprint density at radius 3 is 2.57 bits per heavy atom. The van der Waals surface area contributed by atoms with Crippen molar-refractivity contribution in [2.75, 3.05) is 19.5 Å². The Hall–Kier alpha value is -4.06. The summed E-state index contributed by atoms with van der Waals surface area (Å²) >= 11 is 0. The number of hydrogen-bond donors (Lipinski definition) is 2. The molecule has 0 spiro atoms. The van der Waals surface area contributed by atoms with E-state index < -0.39 is 10.8 Å². The molecule has 0 atom stereocenters. The molecule has 0 aliphatic carbocycles. The molecule has 0 radical (unpaired) electrons. The fourth-order valence-corrected chi connectivity index (χ4v) is 2.35. The highest BCUT2D eigenvalue weighted by molar-refractivity contribution is 6.07. The van der Waals surface area contributed by atoms with E-state index in [0.29, 0.717) is 12.3 Å². The van der Waals surface area contributed by atoms with Crippen LogP contribution in [0.4, 0.5) is 11.4 Å². The van der Waals surface area contributed by atoms with E-state index in [1.807, 2.05) is 24.3 Å². The quantitative estimate of drug-likeness (QED) is 0.311. The van der Waals surface area contributed by atoms with Gasteiger partial charge in [0.25, 0.3) is 11.6 Å². The van der Waals surface area contributed by atoms with E-state index in [9.17, 15) is 20.2 Å². The van der Waals surface area contributed by atoms with E-state index in [1.54, 1.807) is 13.2 Å². The molecular formula is C19H18N4O5. The number of rotatable bonds is 8. The standard InChI is InChI=1S/C19H18N4O5/c1-27-17-6-4-3-5-13(17)11-21-12-14(10-20)19(24)22-16-8-7-15(23(25)26)9-18(16)28-2/h3-9,12,21H,11H2,1-2H3,(H,22,24)/b14-12-. The van der Waals surface area contributed by atoms with Gasteiger partial charge in [0.1, 0.15) is 23.1 Å². The first kappa shape index (κ1) is 20.3. The molecule has 0 heterocycles. The number of non-ortho nitro benzene ring substituents is 1. The molecule has 9 heteroatoms. The molecule has 2 aromatic rings. The highest BCUT2D eigenvalue weighted by Gasteiger charge is 2.15. The first-order valence-corrected chi connectivity index (χ1v) is 8.09. The maximum absolute atomic E-state index is 12.3. The smallest absolute Gasteiger partial charge is 0.273 e. The van der Waals surface area contributed by atoms with E-state index in [-0.39, 0.29) is 22.7 Å². The van der Waals surface area contributed by atoms with Gasteiger partial charge in [-0.15, -0.1) is 0 Å². The second kappa shape index (κ2) is 9.59. The zero-order chi connectivity index (χ0) is 20.5. The number of carbonyl (C=O) groups excluding carboxylic acids is 1. The Labute approximate surface area is 161 Å². The molecule has 0 saturated heterocycles. The number of para-hydroxylation sites is 1. The van der Waals surface area contributed by atoms with Crippen molar-refractivity contribution in [1.29, 1.82) is 5.26 Å². The third kappa shape index (κ3) is 4.98. The third-order valence-electron chi connectivity index (χ3n) is 3.74. The minimum Gasteiger partial charge on any atom is -0.496 e. The second-order valence-corrected chi connectivity index (χ2v) is 5.46. The number of amides is 1. The van der Waals surface area contributed by atoms with Crippen molar-refractivity contribution in [2.45, 2.75) is 6.54 Å². The summed E-state index contributed by atoms with van der Waals surface area (Å²) in [5.74, 6) is 0.117. The second-order valence-electron chi connectivity index (χ2n) is 5.46. The van der Waals surface area contributed by atoms with Crippen LogP contribution in [0, 0.1) is 21.4 Å². The van der Waals surface area contributed by atoms with Gasteiger partial charge in [0.2, 0.25) is 0 Å². The monoisotopic (exact) mass is 382 g/mol. The number of nitrogens with zero attached hydrogens (tertiary/aromatic N) is 2. The van der Waals surface area contributed by atoms with Crippen molar-refractivity contribution in [3.8, 4) is 17.6 Å². The molecule has 28 heavy (non-hydrogen) atoms. The van der Waals surface area contributed by atoms with Crippen LogP contribution in [0.25, 0.3) is 0 Å². The Morgan fingerprint density at radius 2 is 1.93 bits per heavy atom. The molecule has 0 unspecified atom stereocenters. The number of carbonyl (C=O) groups is 1. The van der Waals surface area contributed by atoms with Crippen LogP contribution < -0.4 is 20.1 Å². The van der Waals surface area contributed by atoms with Crippen molar-refractivity contribution < 1.29 is 19.2 Å². The number of nitrogens with one attached hydrogen (secondary N) is 2. The zero-order valence-corrected chi connectivity index (χ0v) is 15.3. The summed E-state index contributed by atoms with van der Waals surface area (Å²) in [5.41, 5.74) is 0.722. The average molecular weight is 382 g/mol. The van der Waals surface area contributed by atoms with Gasteiger partial charge in [-0.05, 0) is 12.1 Å². The third-order valence-corrected chi connectivity index (χ3v) is 3.74. The van der Waals surface area contributed by atoms with Crippen molar-refractivity contribution in [3.05, 3.63) is 69.9 Å². The SMILES string of the molecule is COc1ccccc1CN/C=C(/C#N)C(=O)Nc1ccc([N+](=O)[O-])cc1OC.